The summed E-state index contributed by atoms with van der Waals surface area (Å²) in [6.07, 6.45) is 0.265. The largest absolute Gasteiger partial charge is 0.497 e. The Hall–Kier alpha value is -2.62. The van der Waals surface area contributed by atoms with E-state index >= 15 is 0 Å². The van der Waals surface area contributed by atoms with Crippen molar-refractivity contribution < 1.29 is 9.53 Å². The number of ether oxygens (including phenoxy) is 1. The van der Waals surface area contributed by atoms with Gasteiger partial charge in [-0.1, -0.05) is 12.1 Å². The maximum atomic E-state index is 12.2. The minimum Gasteiger partial charge on any atom is -0.497 e. The van der Waals surface area contributed by atoms with Gasteiger partial charge in [-0.25, -0.2) is 4.98 Å². The first-order chi connectivity index (χ1) is 9.76. The van der Waals surface area contributed by atoms with Crippen LogP contribution in [-0.4, -0.2) is 22.9 Å². The van der Waals surface area contributed by atoms with E-state index in [0.717, 1.165) is 16.8 Å². The second kappa shape index (κ2) is 5.17. The highest BCUT2D eigenvalue weighted by Gasteiger charge is 2.10. The predicted molar refractivity (Wildman–Crippen MR) is 77.1 cm³/mol. The molecule has 0 amide bonds. The van der Waals surface area contributed by atoms with Crippen LogP contribution in [-0.2, 0) is 6.42 Å². The van der Waals surface area contributed by atoms with E-state index in [-0.39, 0.29) is 12.2 Å². The molecule has 0 radical (unpaired) electrons. The molecule has 1 heterocycles. The molecular formula is C16H14N2O2. The predicted octanol–water partition coefficient (Wildman–Crippen LogP) is 3.00. The third-order valence-corrected chi connectivity index (χ3v) is 3.18. The van der Waals surface area contributed by atoms with Crippen LogP contribution in [0.5, 0.6) is 5.75 Å². The van der Waals surface area contributed by atoms with Crippen molar-refractivity contribution >= 4 is 16.8 Å². The number of H-pyrrole nitrogens is 1. The monoisotopic (exact) mass is 266 g/mol. The lowest BCUT2D eigenvalue weighted by atomic mass is 10.1. The van der Waals surface area contributed by atoms with Crippen molar-refractivity contribution in [2.24, 2.45) is 0 Å². The highest BCUT2D eigenvalue weighted by Crippen LogP contribution is 2.15. The average molecular weight is 266 g/mol. The Kier molecular flexibility index (Phi) is 3.21. The van der Waals surface area contributed by atoms with E-state index in [1.54, 1.807) is 31.4 Å². The molecule has 0 saturated carbocycles. The maximum absolute atomic E-state index is 12.2. The normalized spacial score (nSPS) is 10.7. The standard InChI is InChI=1S/C16H14N2O2/c1-20-12-8-6-11(7-9-12)15(19)10-16-17-13-4-2-3-5-14(13)18-16/h2-9H,10H2,1H3,(H,17,18). The van der Waals surface area contributed by atoms with Gasteiger partial charge in [-0.2, -0.15) is 0 Å². The molecule has 0 aliphatic carbocycles. The summed E-state index contributed by atoms with van der Waals surface area (Å²) in [7, 11) is 1.60. The number of hydrogen-bond donors (Lipinski definition) is 1. The molecule has 0 bridgehead atoms. The zero-order valence-corrected chi connectivity index (χ0v) is 11.1. The molecule has 3 rings (SSSR count). The van der Waals surface area contributed by atoms with Gasteiger partial charge in [0.2, 0.25) is 0 Å². The molecule has 0 atom stereocenters. The number of carbonyl (C=O) groups excluding carboxylic acids is 1. The van der Waals surface area contributed by atoms with Crippen LogP contribution in [0.3, 0.4) is 0 Å². The number of rotatable bonds is 4. The number of Topliss-reactive ketones (excluding diaryl/α,β-unsaturated/α-hetero) is 1. The second-order valence-electron chi connectivity index (χ2n) is 4.53. The number of imidazole rings is 1. The molecule has 0 aliphatic rings. The minimum absolute atomic E-state index is 0.0340. The first-order valence-corrected chi connectivity index (χ1v) is 6.37. The fourth-order valence-corrected chi connectivity index (χ4v) is 2.12. The van der Waals surface area contributed by atoms with Gasteiger partial charge in [-0.05, 0) is 36.4 Å². The molecule has 20 heavy (non-hydrogen) atoms. The number of methoxy groups -OCH3 is 1. The number of para-hydroxylation sites is 2. The molecule has 1 N–H and O–H groups in total. The molecule has 100 valence electrons. The van der Waals surface area contributed by atoms with Crippen LogP contribution < -0.4 is 4.74 Å². The number of carbonyl (C=O) groups is 1. The van der Waals surface area contributed by atoms with Gasteiger partial charge in [-0.3, -0.25) is 4.79 Å². The number of benzene rings is 2. The molecular weight excluding hydrogens is 252 g/mol. The summed E-state index contributed by atoms with van der Waals surface area (Å²) in [6.45, 7) is 0. The quantitative estimate of drug-likeness (QED) is 0.738. The Labute approximate surface area is 116 Å². The highest BCUT2D eigenvalue weighted by atomic mass is 16.5. The van der Waals surface area contributed by atoms with Gasteiger partial charge in [0.1, 0.15) is 11.6 Å². The zero-order chi connectivity index (χ0) is 13.9. The number of aromatic amines is 1. The molecule has 0 saturated heterocycles. The van der Waals surface area contributed by atoms with E-state index in [4.69, 9.17) is 4.74 Å². The third kappa shape index (κ3) is 2.40. The van der Waals surface area contributed by atoms with Crippen molar-refractivity contribution in [3.8, 4) is 5.75 Å². The van der Waals surface area contributed by atoms with Crippen LogP contribution in [0, 0.1) is 0 Å². The highest BCUT2D eigenvalue weighted by molar-refractivity contribution is 5.97. The molecule has 1 aromatic heterocycles. The van der Waals surface area contributed by atoms with Crippen LogP contribution in [0.2, 0.25) is 0 Å². The van der Waals surface area contributed by atoms with Crippen molar-refractivity contribution in [2.75, 3.05) is 7.11 Å². The summed E-state index contributed by atoms with van der Waals surface area (Å²) < 4.78 is 5.08. The Balaban J connectivity index is 1.80. The summed E-state index contributed by atoms with van der Waals surface area (Å²) in [4.78, 5) is 19.8. The van der Waals surface area contributed by atoms with Crippen LogP contribution in [0.4, 0.5) is 0 Å². The molecule has 4 nitrogen and oxygen atoms in total. The van der Waals surface area contributed by atoms with Crippen LogP contribution in [0.25, 0.3) is 11.0 Å². The van der Waals surface area contributed by atoms with Crippen molar-refractivity contribution in [3.05, 3.63) is 59.9 Å². The molecule has 2 aromatic carbocycles. The van der Waals surface area contributed by atoms with Crippen molar-refractivity contribution in [1.82, 2.24) is 9.97 Å². The summed E-state index contributed by atoms with van der Waals surface area (Å²) >= 11 is 0. The maximum Gasteiger partial charge on any atom is 0.170 e. The number of nitrogens with zero attached hydrogens (tertiary/aromatic N) is 1. The van der Waals surface area contributed by atoms with E-state index in [1.807, 2.05) is 24.3 Å². The van der Waals surface area contributed by atoms with Crippen LogP contribution >= 0.6 is 0 Å². The summed E-state index contributed by atoms with van der Waals surface area (Å²) in [5.74, 6) is 1.46. The Bertz CT molecular complexity index is 712. The molecule has 0 fully saturated rings. The molecule has 0 aliphatic heterocycles. The third-order valence-electron chi connectivity index (χ3n) is 3.18. The number of aromatic nitrogens is 2. The van der Waals surface area contributed by atoms with Crippen molar-refractivity contribution in [2.45, 2.75) is 6.42 Å². The zero-order valence-electron chi connectivity index (χ0n) is 11.1. The SMILES string of the molecule is COc1ccc(C(=O)Cc2nc3ccccc3[nH]2)cc1. The minimum atomic E-state index is 0.0340. The molecule has 3 aromatic rings. The Morgan fingerprint density at radius 1 is 1.15 bits per heavy atom. The van der Waals surface area contributed by atoms with E-state index in [0.29, 0.717) is 11.4 Å². The average Bonchev–Trinajstić information content (AvgIpc) is 2.89. The van der Waals surface area contributed by atoms with Gasteiger partial charge < -0.3 is 9.72 Å². The smallest absolute Gasteiger partial charge is 0.170 e. The Morgan fingerprint density at radius 2 is 1.90 bits per heavy atom. The summed E-state index contributed by atoms with van der Waals surface area (Å²) in [5, 5.41) is 0. The second-order valence-corrected chi connectivity index (χ2v) is 4.53. The lowest BCUT2D eigenvalue weighted by molar-refractivity contribution is 0.0991. The number of hydrogen-bond acceptors (Lipinski definition) is 3. The van der Waals surface area contributed by atoms with E-state index in [1.165, 1.54) is 0 Å². The van der Waals surface area contributed by atoms with E-state index in [9.17, 15) is 4.79 Å². The van der Waals surface area contributed by atoms with Gasteiger partial charge in [0.05, 0.1) is 24.6 Å². The van der Waals surface area contributed by atoms with Gasteiger partial charge in [0.25, 0.3) is 0 Å². The van der Waals surface area contributed by atoms with Crippen LogP contribution in [0.15, 0.2) is 48.5 Å². The topological polar surface area (TPSA) is 55.0 Å². The van der Waals surface area contributed by atoms with Crippen molar-refractivity contribution in [3.63, 3.8) is 0 Å². The lowest BCUT2D eigenvalue weighted by Gasteiger charge is -2.01. The molecule has 0 unspecified atom stereocenters. The Morgan fingerprint density at radius 3 is 2.60 bits per heavy atom. The van der Waals surface area contributed by atoms with Gasteiger partial charge in [-0.15, -0.1) is 0 Å². The first-order valence-electron chi connectivity index (χ1n) is 6.37. The molecule has 4 heteroatoms. The number of nitrogens with one attached hydrogen (secondary N) is 1. The van der Waals surface area contributed by atoms with Crippen molar-refractivity contribution in [1.29, 1.82) is 0 Å². The van der Waals surface area contributed by atoms with E-state index < -0.39 is 0 Å². The number of ketones is 1. The van der Waals surface area contributed by atoms with Gasteiger partial charge in [0, 0.05) is 5.56 Å². The molecule has 0 spiro atoms. The lowest BCUT2D eigenvalue weighted by Crippen LogP contribution is -2.04. The first kappa shape index (κ1) is 12.4. The van der Waals surface area contributed by atoms with Gasteiger partial charge >= 0.3 is 0 Å². The fourth-order valence-electron chi connectivity index (χ4n) is 2.12. The van der Waals surface area contributed by atoms with E-state index in [2.05, 4.69) is 9.97 Å². The summed E-state index contributed by atoms with van der Waals surface area (Å²) in [6, 6.07) is 14.8. The summed E-state index contributed by atoms with van der Waals surface area (Å²) in [5.41, 5.74) is 2.49. The number of fused-ring (bicyclic) bond motifs is 1. The fraction of sp³-hybridized carbons (Fsp3) is 0.125. The van der Waals surface area contributed by atoms with Crippen LogP contribution in [0.1, 0.15) is 16.2 Å². The van der Waals surface area contributed by atoms with Gasteiger partial charge in [0.15, 0.2) is 5.78 Å².